The van der Waals surface area contributed by atoms with E-state index in [0.29, 0.717) is 25.9 Å². The Morgan fingerprint density at radius 1 is 0.329 bits per heavy atom. The number of nitrogens with one attached hydrogen (secondary N) is 1. The zero-order chi connectivity index (χ0) is 61.3. The third-order valence-electron chi connectivity index (χ3n) is 17.9. The van der Waals surface area contributed by atoms with Gasteiger partial charge in [-0.05, 0) is 83.5 Å². The summed E-state index contributed by atoms with van der Waals surface area (Å²) in [4.78, 5) is 24.6. The van der Waals surface area contributed by atoms with Crippen molar-refractivity contribution in [3.63, 3.8) is 0 Å². The van der Waals surface area contributed by atoms with Crippen molar-refractivity contribution >= 4 is 11.9 Å². The number of hydrogen-bond donors (Lipinski definition) is 3. The molecule has 0 aromatic rings. The lowest BCUT2D eigenvalue weighted by Gasteiger charge is -2.22. The number of rotatable bonds is 72. The van der Waals surface area contributed by atoms with Crippen molar-refractivity contribution in [3.05, 3.63) is 48.6 Å². The summed E-state index contributed by atoms with van der Waals surface area (Å²) in [5.74, 6) is -0.0245. The molecule has 2 unspecified atom stereocenters. The molecule has 0 rings (SSSR count). The van der Waals surface area contributed by atoms with Crippen LogP contribution in [0.25, 0.3) is 0 Å². The fraction of sp³-hybridized carbons (Fsp3) is 0.873. The largest absolute Gasteiger partial charge is 0.466 e. The maximum atomic E-state index is 12.5. The molecule has 0 aliphatic rings. The number of aliphatic hydroxyl groups excluding tert-OH is 2. The molecule has 0 bridgehead atoms. The van der Waals surface area contributed by atoms with E-state index in [1.54, 1.807) is 0 Å². The standard InChI is InChI=1S/C79H149NO5/c1-3-5-7-9-11-13-15-17-19-41-44-47-51-55-59-63-67-71-77(82)76(75-81)80-78(83)72-68-64-60-56-52-48-45-42-39-37-35-33-31-29-27-25-23-21-20-22-24-26-28-30-32-34-36-38-40-43-46-50-54-58-62-66-70-74-85-79(84)73-69-65-61-57-53-49-18-16-14-12-10-8-6-4-2/h10,12,16,18,20,22,26,28,76-77,81-82H,3-9,11,13-15,17,19,21,23-25,27,29-75H2,1-2H3,(H,80,83)/b12-10-,18-16-,22-20-,28-26-. The molecule has 0 heterocycles. The monoisotopic (exact) mass is 1190 g/mol. The summed E-state index contributed by atoms with van der Waals surface area (Å²) in [5, 5.41) is 23.4. The number of aliphatic hydroxyl groups is 2. The molecule has 0 saturated heterocycles. The molecule has 1 amide bonds. The maximum Gasteiger partial charge on any atom is 0.305 e. The Morgan fingerprint density at radius 3 is 0.929 bits per heavy atom. The second-order valence-corrected chi connectivity index (χ2v) is 26.3. The Bertz CT molecular complexity index is 1420. The van der Waals surface area contributed by atoms with E-state index < -0.39 is 12.1 Å². The Morgan fingerprint density at radius 2 is 0.600 bits per heavy atom. The van der Waals surface area contributed by atoms with Gasteiger partial charge in [-0.2, -0.15) is 0 Å². The zero-order valence-corrected chi connectivity index (χ0v) is 57.4. The van der Waals surface area contributed by atoms with Crippen LogP contribution in [0, 0.1) is 0 Å². The van der Waals surface area contributed by atoms with Gasteiger partial charge in [-0.3, -0.25) is 9.59 Å². The molecule has 3 N–H and O–H groups in total. The molecule has 0 spiro atoms. The lowest BCUT2D eigenvalue weighted by molar-refractivity contribution is -0.143. The fourth-order valence-electron chi connectivity index (χ4n) is 12.0. The third-order valence-corrected chi connectivity index (χ3v) is 17.9. The summed E-state index contributed by atoms with van der Waals surface area (Å²) in [6, 6.07) is -0.540. The molecule has 0 aromatic carbocycles. The molecule has 0 fully saturated rings. The first-order valence-electron chi connectivity index (χ1n) is 38.4. The second kappa shape index (κ2) is 74.3. The van der Waals surface area contributed by atoms with Crippen molar-refractivity contribution in [1.82, 2.24) is 5.32 Å². The minimum Gasteiger partial charge on any atom is -0.466 e. The summed E-state index contributed by atoms with van der Waals surface area (Å²) >= 11 is 0. The molecular weight excluding hydrogens is 1040 g/mol. The van der Waals surface area contributed by atoms with E-state index in [4.69, 9.17) is 4.74 Å². The Labute approximate surface area is 531 Å². The van der Waals surface area contributed by atoms with Gasteiger partial charge in [0.1, 0.15) is 0 Å². The van der Waals surface area contributed by atoms with Crippen molar-refractivity contribution in [2.24, 2.45) is 0 Å². The number of hydrogen-bond acceptors (Lipinski definition) is 5. The van der Waals surface area contributed by atoms with Crippen LogP contribution in [0.5, 0.6) is 0 Å². The Balaban J connectivity index is 3.36. The normalized spacial score (nSPS) is 12.8. The van der Waals surface area contributed by atoms with Crippen LogP contribution in [-0.4, -0.2) is 47.4 Å². The Kier molecular flexibility index (Phi) is 72.4. The van der Waals surface area contributed by atoms with Gasteiger partial charge in [-0.25, -0.2) is 0 Å². The summed E-state index contributed by atoms with van der Waals surface area (Å²) in [7, 11) is 0. The van der Waals surface area contributed by atoms with Crippen molar-refractivity contribution in [3.8, 4) is 0 Å². The zero-order valence-electron chi connectivity index (χ0n) is 57.4. The van der Waals surface area contributed by atoms with Crippen LogP contribution in [0.15, 0.2) is 48.6 Å². The highest BCUT2D eigenvalue weighted by atomic mass is 16.5. The first-order chi connectivity index (χ1) is 42.0. The van der Waals surface area contributed by atoms with Gasteiger partial charge in [0.05, 0.1) is 25.4 Å². The lowest BCUT2D eigenvalue weighted by atomic mass is 10.0. The van der Waals surface area contributed by atoms with Gasteiger partial charge in [0.25, 0.3) is 0 Å². The molecule has 0 radical (unpaired) electrons. The van der Waals surface area contributed by atoms with Crippen LogP contribution in [0.1, 0.15) is 418 Å². The number of carbonyl (C=O) groups is 2. The van der Waals surface area contributed by atoms with E-state index in [1.807, 2.05) is 0 Å². The summed E-state index contributed by atoms with van der Waals surface area (Å²) < 4.78 is 5.48. The molecular formula is C79H149NO5. The quantitative estimate of drug-likeness (QED) is 0.0320. The van der Waals surface area contributed by atoms with E-state index >= 15 is 0 Å². The molecule has 500 valence electrons. The molecule has 0 saturated carbocycles. The highest BCUT2D eigenvalue weighted by Gasteiger charge is 2.20. The van der Waals surface area contributed by atoms with Crippen LogP contribution in [0.2, 0.25) is 0 Å². The van der Waals surface area contributed by atoms with Gasteiger partial charge in [0.2, 0.25) is 5.91 Å². The number of amides is 1. The molecule has 6 nitrogen and oxygen atoms in total. The number of unbranched alkanes of at least 4 members (excludes halogenated alkanes) is 53. The lowest BCUT2D eigenvalue weighted by Crippen LogP contribution is -2.45. The molecule has 0 aliphatic heterocycles. The SMILES string of the molecule is CCCC/C=C\C/C=C\CCCCCCCC(=O)OCCCCCCCCCCCCCCC/C=C\C/C=C\CCCCCCCCCCCCCCCCCCCC(=O)NC(CO)C(O)CCCCCCCCCCCCCCCCCCC. The summed E-state index contributed by atoms with van der Waals surface area (Å²) in [6.45, 7) is 4.94. The van der Waals surface area contributed by atoms with E-state index in [9.17, 15) is 19.8 Å². The first-order valence-corrected chi connectivity index (χ1v) is 38.4. The number of allylic oxidation sites excluding steroid dienone is 8. The van der Waals surface area contributed by atoms with E-state index in [0.717, 1.165) is 57.8 Å². The molecule has 0 aliphatic carbocycles. The van der Waals surface area contributed by atoms with Crippen LogP contribution < -0.4 is 5.32 Å². The average Bonchev–Trinajstić information content (AvgIpc) is 3.50. The average molecular weight is 1190 g/mol. The predicted molar refractivity (Wildman–Crippen MR) is 375 cm³/mol. The van der Waals surface area contributed by atoms with Gasteiger partial charge in [0, 0.05) is 12.8 Å². The minimum absolute atomic E-state index is 0.00429. The number of ether oxygens (including phenoxy) is 1. The smallest absolute Gasteiger partial charge is 0.305 e. The number of esters is 1. The van der Waals surface area contributed by atoms with E-state index in [1.165, 1.54) is 327 Å². The van der Waals surface area contributed by atoms with Crippen LogP contribution >= 0.6 is 0 Å². The van der Waals surface area contributed by atoms with Crippen LogP contribution in [0.3, 0.4) is 0 Å². The topological polar surface area (TPSA) is 95.9 Å². The molecule has 85 heavy (non-hydrogen) atoms. The van der Waals surface area contributed by atoms with Crippen LogP contribution in [-0.2, 0) is 14.3 Å². The van der Waals surface area contributed by atoms with Crippen LogP contribution in [0.4, 0.5) is 0 Å². The van der Waals surface area contributed by atoms with Gasteiger partial charge in [-0.1, -0.05) is 371 Å². The van der Waals surface area contributed by atoms with Crippen molar-refractivity contribution < 1.29 is 24.5 Å². The predicted octanol–water partition coefficient (Wildman–Crippen LogP) is 25.2. The molecule has 2 atom stereocenters. The fourth-order valence-corrected chi connectivity index (χ4v) is 12.0. The highest BCUT2D eigenvalue weighted by molar-refractivity contribution is 5.76. The van der Waals surface area contributed by atoms with Crippen molar-refractivity contribution in [2.45, 2.75) is 431 Å². The maximum absolute atomic E-state index is 12.5. The summed E-state index contributed by atoms with van der Waals surface area (Å²) in [5.41, 5.74) is 0. The van der Waals surface area contributed by atoms with E-state index in [2.05, 4.69) is 67.8 Å². The first kappa shape index (κ1) is 82.8. The highest BCUT2D eigenvalue weighted by Crippen LogP contribution is 2.19. The summed E-state index contributed by atoms with van der Waals surface area (Å²) in [6.07, 6.45) is 97.7. The third kappa shape index (κ3) is 70.8. The van der Waals surface area contributed by atoms with Crippen molar-refractivity contribution in [1.29, 1.82) is 0 Å². The molecule has 0 aromatic heterocycles. The number of carbonyl (C=O) groups excluding carboxylic acids is 2. The van der Waals surface area contributed by atoms with Crippen molar-refractivity contribution in [2.75, 3.05) is 13.2 Å². The van der Waals surface area contributed by atoms with Gasteiger partial charge < -0.3 is 20.3 Å². The van der Waals surface area contributed by atoms with E-state index in [-0.39, 0.29) is 18.5 Å². The molecule has 6 heteroatoms. The Hall–Kier alpha value is -2.18. The van der Waals surface area contributed by atoms with Gasteiger partial charge >= 0.3 is 5.97 Å². The second-order valence-electron chi connectivity index (χ2n) is 26.3. The van der Waals surface area contributed by atoms with Gasteiger partial charge in [-0.15, -0.1) is 0 Å². The van der Waals surface area contributed by atoms with Gasteiger partial charge in [0.15, 0.2) is 0 Å². The minimum atomic E-state index is -0.663.